The van der Waals surface area contributed by atoms with Crippen LogP contribution in [0.3, 0.4) is 0 Å². The topological polar surface area (TPSA) is 127 Å². The second-order valence-electron chi connectivity index (χ2n) is 14.9. The molecule has 0 saturated heterocycles. The molecule has 262 valence electrons. The van der Waals surface area contributed by atoms with Crippen LogP contribution in [-0.4, -0.2) is 73.2 Å². The van der Waals surface area contributed by atoms with Crippen LogP contribution < -0.4 is 10.1 Å². The number of amides is 1. The zero-order chi connectivity index (χ0) is 35.6. The molecule has 47 heavy (non-hydrogen) atoms. The zero-order valence-corrected chi connectivity index (χ0v) is 31.2. The van der Waals surface area contributed by atoms with E-state index in [1.165, 1.54) is 6.08 Å². The number of aryl methyl sites for hydroxylation is 1. The molecule has 2 aromatic rings. The standard InChI is InChI=1S/C35H55N3O8Si/c1-13-21-42-30(39)22-28-27(23-38(37-28)20-14-19-36-32(41)45-34(5,6)7)25-15-17-26(18-16-25)43-24-29(31(40)44-33(2,3)4)46-47(11,12)35(8,9)10/h13,15-18,23,29H,1,14,19-22,24H2,2-12H3,(H,36,41). The van der Waals surface area contributed by atoms with Crippen molar-refractivity contribution in [1.82, 2.24) is 15.1 Å². The van der Waals surface area contributed by atoms with E-state index in [2.05, 4.69) is 50.9 Å². The predicted molar refractivity (Wildman–Crippen MR) is 185 cm³/mol. The Morgan fingerprint density at radius 1 is 0.979 bits per heavy atom. The Balaban J connectivity index is 2.21. The van der Waals surface area contributed by atoms with Gasteiger partial charge in [0, 0.05) is 24.8 Å². The summed E-state index contributed by atoms with van der Waals surface area (Å²) < 4.78 is 30.4. The van der Waals surface area contributed by atoms with Crippen molar-refractivity contribution in [1.29, 1.82) is 0 Å². The molecule has 1 aromatic heterocycles. The predicted octanol–water partition coefficient (Wildman–Crippen LogP) is 6.85. The summed E-state index contributed by atoms with van der Waals surface area (Å²) in [5.41, 5.74) is 0.904. The second kappa shape index (κ2) is 16.5. The van der Waals surface area contributed by atoms with Gasteiger partial charge in [0.2, 0.25) is 0 Å². The van der Waals surface area contributed by atoms with E-state index >= 15 is 0 Å². The van der Waals surface area contributed by atoms with E-state index in [0.717, 1.165) is 11.1 Å². The normalized spacial score (nSPS) is 13.0. The quantitative estimate of drug-likeness (QED) is 0.0710. The van der Waals surface area contributed by atoms with Crippen molar-refractivity contribution in [2.24, 2.45) is 0 Å². The molecule has 2 rings (SSSR count). The first-order valence-electron chi connectivity index (χ1n) is 16.0. The molecule has 12 heteroatoms. The summed E-state index contributed by atoms with van der Waals surface area (Å²) in [5, 5.41) is 7.28. The molecule has 0 radical (unpaired) electrons. The van der Waals surface area contributed by atoms with E-state index in [1.807, 2.05) is 59.9 Å². The third-order valence-electron chi connectivity index (χ3n) is 7.22. The molecule has 1 aromatic carbocycles. The van der Waals surface area contributed by atoms with E-state index in [1.54, 1.807) is 16.8 Å². The lowest BCUT2D eigenvalue weighted by Gasteiger charge is -2.39. The van der Waals surface area contributed by atoms with E-state index < -0.39 is 43.7 Å². The van der Waals surface area contributed by atoms with Crippen LogP contribution in [-0.2, 0) is 41.2 Å². The van der Waals surface area contributed by atoms with Crippen LogP contribution in [0.4, 0.5) is 4.79 Å². The van der Waals surface area contributed by atoms with Gasteiger partial charge in [-0.25, -0.2) is 9.59 Å². The molecule has 0 aliphatic carbocycles. The van der Waals surface area contributed by atoms with Crippen molar-refractivity contribution in [2.45, 2.75) is 117 Å². The Labute approximate surface area is 281 Å². The number of ether oxygens (including phenoxy) is 4. The number of benzene rings is 1. The number of carbonyl (C=O) groups is 3. The van der Waals surface area contributed by atoms with Crippen molar-refractivity contribution >= 4 is 26.3 Å². The first-order valence-corrected chi connectivity index (χ1v) is 18.9. The number of esters is 2. The number of alkyl carbamates (subject to hydrolysis) is 1. The lowest BCUT2D eigenvalue weighted by atomic mass is 10.0. The molecule has 1 amide bonds. The summed E-state index contributed by atoms with van der Waals surface area (Å²) in [5.74, 6) is -0.327. The van der Waals surface area contributed by atoms with Crippen LogP contribution in [0, 0.1) is 0 Å². The first-order chi connectivity index (χ1) is 21.6. The fraction of sp³-hybridized carbons (Fsp3) is 0.600. The maximum absolute atomic E-state index is 13.1. The van der Waals surface area contributed by atoms with Gasteiger partial charge in [0.15, 0.2) is 14.4 Å². The Kier molecular flexibility index (Phi) is 13.8. The van der Waals surface area contributed by atoms with Gasteiger partial charge in [-0.15, -0.1) is 0 Å². The lowest BCUT2D eigenvalue weighted by molar-refractivity contribution is -0.165. The van der Waals surface area contributed by atoms with Gasteiger partial charge in [0.05, 0.1) is 12.1 Å². The number of hydrogen-bond donors (Lipinski definition) is 1. The Morgan fingerprint density at radius 3 is 2.15 bits per heavy atom. The molecule has 1 unspecified atom stereocenters. The molecule has 0 saturated carbocycles. The average Bonchev–Trinajstić information content (AvgIpc) is 3.32. The number of rotatable bonds is 15. The van der Waals surface area contributed by atoms with Gasteiger partial charge in [-0.05, 0) is 83.8 Å². The fourth-order valence-corrected chi connectivity index (χ4v) is 5.21. The van der Waals surface area contributed by atoms with E-state index in [-0.39, 0.29) is 24.7 Å². The Hall–Kier alpha value is -3.64. The van der Waals surface area contributed by atoms with Crippen molar-refractivity contribution in [3.05, 3.63) is 48.8 Å². The summed E-state index contributed by atoms with van der Waals surface area (Å²) >= 11 is 0. The number of aromatic nitrogens is 2. The van der Waals surface area contributed by atoms with Crippen molar-refractivity contribution < 1.29 is 37.8 Å². The molecule has 0 aliphatic heterocycles. The third-order valence-corrected chi connectivity index (χ3v) is 11.7. The highest BCUT2D eigenvalue weighted by Gasteiger charge is 2.42. The minimum absolute atomic E-state index is 0.00354. The van der Waals surface area contributed by atoms with Gasteiger partial charge in [-0.3, -0.25) is 9.48 Å². The molecule has 0 spiro atoms. The van der Waals surface area contributed by atoms with Gasteiger partial charge in [-0.2, -0.15) is 5.10 Å². The van der Waals surface area contributed by atoms with Crippen molar-refractivity contribution in [2.75, 3.05) is 19.8 Å². The number of nitrogens with one attached hydrogen (secondary N) is 1. The van der Waals surface area contributed by atoms with Crippen LogP contribution in [0.2, 0.25) is 18.1 Å². The molecular weight excluding hydrogens is 618 g/mol. The van der Waals surface area contributed by atoms with Crippen molar-refractivity contribution in [3.63, 3.8) is 0 Å². The number of hydrogen-bond acceptors (Lipinski definition) is 9. The van der Waals surface area contributed by atoms with Crippen LogP contribution in [0.25, 0.3) is 11.1 Å². The van der Waals surface area contributed by atoms with Crippen LogP contribution >= 0.6 is 0 Å². The largest absolute Gasteiger partial charge is 0.490 e. The summed E-state index contributed by atoms with van der Waals surface area (Å²) in [6.45, 7) is 26.0. The molecular formula is C35H55N3O8Si. The van der Waals surface area contributed by atoms with Crippen molar-refractivity contribution in [3.8, 4) is 16.9 Å². The molecule has 1 N–H and O–H groups in total. The van der Waals surface area contributed by atoms with Gasteiger partial charge in [0.25, 0.3) is 0 Å². The SMILES string of the molecule is C=CCOC(=O)Cc1nn(CCCNC(=O)OC(C)(C)C)cc1-c1ccc(OCC(O[Si](C)(C)C(C)(C)C)C(=O)OC(C)(C)C)cc1. The lowest BCUT2D eigenvalue weighted by Crippen LogP contribution is -2.49. The first kappa shape index (κ1) is 39.5. The molecule has 0 aliphatic rings. The minimum Gasteiger partial charge on any atom is -0.490 e. The third kappa shape index (κ3) is 13.9. The summed E-state index contributed by atoms with van der Waals surface area (Å²) in [6, 6.07) is 7.35. The summed E-state index contributed by atoms with van der Waals surface area (Å²) in [4.78, 5) is 37.6. The maximum atomic E-state index is 13.1. The van der Waals surface area contributed by atoms with Gasteiger partial charge in [0.1, 0.15) is 30.2 Å². The molecule has 11 nitrogen and oxygen atoms in total. The minimum atomic E-state index is -2.31. The number of carbonyl (C=O) groups excluding carboxylic acids is 3. The average molecular weight is 674 g/mol. The second-order valence-corrected chi connectivity index (χ2v) is 19.7. The molecule has 1 atom stereocenters. The Morgan fingerprint density at radius 2 is 1.60 bits per heavy atom. The monoisotopic (exact) mass is 673 g/mol. The fourth-order valence-electron chi connectivity index (χ4n) is 3.99. The summed E-state index contributed by atoms with van der Waals surface area (Å²) in [6.07, 6.45) is 2.60. The van der Waals surface area contributed by atoms with E-state index in [4.69, 9.17) is 23.4 Å². The highest BCUT2D eigenvalue weighted by atomic mass is 28.4. The highest BCUT2D eigenvalue weighted by Crippen LogP contribution is 2.37. The molecule has 0 bridgehead atoms. The molecule has 0 fully saturated rings. The summed E-state index contributed by atoms with van der Waals surface area (Å²) in [7, 11) is -2.31. The van der Waals surface area contributed by atoms with Gasteiger partial charge < -0.3 is 28.7 Å². The van der Waals surface area contributed by atoms with Crippen LogP contribution in [0.1, 0.15) is 74.4 Å². The van der Waals surface area contributed by atoms with Gasteiger partial charge in [-0.1, -0.05) is 45.6 Å². The van der Waals surface area contributed by atoms with E-state index in [9.17, 15) is 14.4 Å². The number of nitrogens with zero attached hydrogens (tertiary/aromatic N) is 2. The van der Waals surface area contributed by atoms with Crippen LogP contribution in [0.5, 0.6) is 5.75 Å². The maximum Gasteiger partial charge on any atom is 0.407 e. The van der Waals surface area contributed by atoms with E-state index in [0.29, 0.717) is 31.0 Å². The Bertz CT molecular complexity index is 1350. The zero-order valence-electron chi connectivity index (χ0n) is 30.2. The highest BCUT2D eigenvalue weighted by molar-refractivity contribution is 6.74. The van der Waals surface area contributed by atoms with Gasteiger partial charge >= 0.3 is 18.0 Å². The van der Waals surface area contributed by atoms with Crippen LogP contribution in [0.15, 0.2) is 43.1 Å². The smallest absolute Gasteiger partial charge is 0.407 e. The molecule has 1 heterocycles.